The Balaban J connectivity index is 2.50. The van der Waals surface area contributed by atoms with Crippen LogP contribution in [0.1, 0.15) is 11.4 Å². The Morgan fingerprint density at radius 3 is 2.26 bits per heavy atom. The quantitative estimate of drug-likeness (QED) is 0.834. The highest BCUT2D eigenvalue weighted by molar-refractivity contribution is 7.93. The monoisotopic (exact) mass is 358 g/mol. The minimum Gasteiger partial charge on any atom is -0.281 e. The third kappa shape index (κ3) is 3.48. The van der Waals surface area contributed by atoms with Gasteiger partial charge in [0.1, 0.15) is 4.90 Å². The zero-order valence-electron chi connectivity index (χ0n) is 13.2. The number of nitrogens with zero attached hydrogens (tertiary/aromatic N) is 2. The van der Waals surface area contributed by atoms with E-state index >= 15 is 0 Å². The van der Waals surface area contributed by atoms with Crippen molar-refractivity contribution in [3.05, 3.63) is 35.7 Å². The fourth-order valence-electron chi connectivity index (χ4n) is 2.15. The number of anilines is 2. The van der Waals surface area contributed by atoms with Gasteiger partial charge < -0.3 is 0 Å². The zero-order valence-corrected chi connectivity index (χ0v) is 14.8. The molecule has 0 aliphatic carbocycles. The molecule has 0 radical (unpaired) electrons. The summed E-state index contributed by atoms with van der Waals surface area (Å²) in [6.45, 7) is 3.18. The molecule has 0 atom stereocenters. The molecule has 0 saturated carbocycles. The standard InChI is InChI=1S/C13H18N4O4S2/c1-9-13(10(2)15-14-9)23(20,21)16-11-7-5-6-8-12(11)17(3)22(4,18)19/h5-8,16H,1-4H3,(H,14,15). The van der Waals surface area contributed by atoms with Crippen LogP contribution in [0.4, 0.5) is 11.4 Å². The highest BCUT2D eigenvalue weighted by Gasteiger charge is 2.24. The van der Waals surface area contributed by atoms with Crippen LogP contribution in [0.15, 0.2) is 29.2 Å². The van der Waals surface area contributed by atoms with E-state index in [1.165, 1.54) is 19.2 Å². The lowest BCUT2D eigenvalue weighted by Gasteiger charge is -2.20. The van der Waals surface area contributed by atoms with Gasteiger partial charge in [-0.05, 0) is 26.0 Å². The summed E-state index contributed by atoms with van der Waals surface area (Å²) in [4.78, 5) is 0.0503. The smallest absolute Gasteiger partial charge is 0.265 e. The minimum absolute atomic E-state index is 0.0503. The van der Waals surface area contributed by atoms with E-state index in [9.17, 15) is 16.8 Å². The van der Waals surface area contributed by atoms with Crippen LogP contribution in [0, 0.1) is 13.8 Å². The molecule has 1 aromatic carbocycles. The summed E-state index contributed by atoms with van der Waals surface area (Å²) in [7, 11) is -6.06. The Kier molecular flexibility index (Phi) is 4.40. The topological polar surface area (TPSA) is 112 Å². The van der Waals surface area contributed by atoms with Crippen molar-refractivity contribution in [1.29, 1.82) is 0 Å². The Labute approximate surface area is 135 Å². The molecular formula is C13H18N4O4S2. The van der Waals surface area contributed by atoms with Crippen LogP contribution in [-0.2, 0) is 20.0 Å². The first-order valence-corrected chi connectivity index (χ1v) is 9.94. The lowest BCUT2D eigenvalue weighted by atomic mass is 10.3. The van der Waals surface area contributed by atoms with Crippen molar-refractivity contribution in [2.45, 2.75) is 18.7 Å². The van der Waals surface area contributed by atoms with Crippen molar-refractivity contribution in [2.24, 2.45) is 0 Å². The molecule has 2 aromatic rings. The predicted octanol–water partition coefficient (Wildman–Crippen LogP) is 1.22. The molecule has 0 bridgehead atoms. The van der Waals surface area contributed by atoms with Gasteiger partial charge in [0.05, 0.1) is 29.0 Å². The van der Waals surface area contributed by atoms with E-state index in [1.807, 2.05) is 0 Å². The van der Waals surface area contributed by atoms with Crippen molar-refractivity contribution in [3.63, 3.8) is 0 Å². The molecule has 0 aliphatic rings. The van der Waals surface area contributed by atoms with Crippen LogP contribution < -0.4 is 9.03 Å². The second kappa shape index (κ2) is 5.85. The fraction of sp³-hybridized carbons (Fsp3) is 0.308. The summed E-state index contributed by atoms with van der Waals surface area (Å²) in [6.07, 6.45) is 1.04. The Morgan fingerprint density at radius 1 is 1.13 bits per heavy atom. The molecule has 0 saturated heterocycles. The highest BCUT2D eigenvalue weighted by Crippen LogP contribution is 2.29. The third-order valence-electron chi connectivity index (χ3n) is 3.31. The second-order valence-corrected chi connectivity index (χ2v) is 8.75. The van der Waals surface area contributed by atoms with Gasteiger partial charge in [0.25, 0.3) is 10.0 Å². The molecule has 10 heteroatoms. The van der Waals surface area contributed by atoms with E-state index in [1.54, 1.807) is 26.0 Å². The van der Waals surface area contributed by atoms with Crippen molar-refractivity contribution < 1.29 is 16.8 Å². The molecule has 0 aliphatic heterocycles. The fourth-order valence-corrected chi connectivity index (χ4v) is 4.11. The molecule has 23 heavy (non-hydrogen) atoms. The first kappa shape index (κ1) is 17.3. The molecule has 0 fully saturated rings. The van der Waals surface area contributed by atoms with Crippen LogP contribution in [0.5, 0.6) is 0 Å². The summed E-state index contributed by atoms with van der Waals surface area (Å²) in [5.41, 5.74) is 1.14. The number of aromatic amines is 1. The molecule has 1 heterocycles. The molecule has 0 spiro atoms. The van der Waals surface area contributed by atoms with Gasteiger partial charge in [-0.15, -0.1) is 0 Å². The number of para-hydroxylation sites is 2. The van der Waals surface area contributed by atoms with E-state index in [0.717, 1.165) is 10.6 Å². The van der Waals surface area contributed by atoms with E-state index in [-0.39, 0.29) is 16.3 Å². The van der Waals surface area contributed by atoms with Gasteiger partial charge >= 0.3 is 0 Å². The lowest BCUT2D eigenvalue weighted by molar-refractivity contribution is 0.597. The summed E-state index contributed by atoms with van der Waals surface area (Å²) in [5, 5.41) is 6.49. The predicted molar refractivity (Wildman–Crippen MR) is 88.6 cm³/mol. The van der Waals surface area contributed by atoms with Crippen molar-refractivity contribution in [2.75, 3.05) is 22.3 Å². The molecule has 0 amide bonds. The van der Waals surface area contributed by atoms with Gasteiger partial charge in [-0.3, -0.25) is 14.1 Å². The number of rotatable bonds is 5. The van der Waals surface area contributed by atoms with Crippen LogP contribution in [-0.4, -0.2) is 40.3 Å². The first-order chi connectivity index (χ1) is 10.5. The van der Waals surface area contributed by atoms with Gasteiger partial charge in [-0.2, -0.15) is 5.10 Å². The summed E-state index contributed by atoms with van der Waals surface area (Å²) in [5.74, 6) is 0. The Hall–Kier alpha value is -2.07. The number of hydrogen-bond donors (Lipinski definition) is 2. The summed E-state index contributed by atoms with van der Waals surface area (Å²) >= 11 is 0. The molecule has 0 unspecified atom stereocenters. The van der Waals surface area contributed by atoms with E-state index in [0.29, 0.717) is 11.4 Å². The molecule has 1 aromatic heterocycles. The van der Waals surface area contributed by atoms with Crippen LogP contribution >= 0.6 is 0 Å². The average Bonchev–Trinajstić information content (AvgIpc) is 2.77. The number of hydrogen-bond acceptors (Lipinski definition) is 5. The number of aromatic nitrogens is 2. The number of sulfonamides is 2. The molecular weight excluding hydrogens is 340 g/mol. The minimum atomic E-state index is -3.90. The van der Waals surface area contributed by atoms with Crippen LogP contribution in [0.2, 0.25) is 0 Å². The van der Waals surface area contributed by atoms with Crippen molar-refractivity contribution in [1.82, 2.24) is 10.2 Å². The van der Waals surface area contributed by atoms with Crippen molar-refractivity contribution in [3.8, 4) is 0 Å². The van der Waals surface area contributed by atoms with E-state index in [2.05, 4.69) is 14.9 Å². The van der Waals surface area contributed by atoms with Gasteiger partial charge in [0.15, 0.2) is 0 Å². The summed E-state index contributed by atoms with van der Waals surface area (Å²) < 4.78 is 52.1. The Morgan fingerprint density at radius 2 is 1.74 bits per heavy atom. The Bertz CT molecular complexity index is 913. The van der Waals surface area contributed by atoms with Crippen molar-refractivity contribution >= 4 is 31.4 Å². The molecule has 2 rings (SSSR count). The normalized spacial score (nSPS) is 12.2. The number of nitrogens with one attached hydrogen (secondary N) is 2. The third-order valence-corrected chi connectivity index (χ3v) is 6.13. The van der Waals surface area contributed by atoms with Gasteiger partial charge in [-0.1, -0.05) is 12.1 Å². The van der Waals surface area contributed by atoms with Crippen LogP contribution in [0.3, 0.4) is 0 Å². The second-order valence-electron chi connectivity index (χ2n) is 5.12. The number of benzene rings is 1. The van der Waals surface area contributed by atoms with Gasteiger partial charge in [0.2, 0.25) is 10.0 Å². The van der Waals surface area contributed by atoms with E-state index in [4.69, 9.17) is 0 Å². The number of aryl methyl sites for hydroxylation is 2. The lowest BCUT2D eigenvalue weighted by Crippen LogP contribution is -2.26. The number of H-pyrrole nitrogens is 1. The highest BCUT2D eigenvalue weighted by atomic mass is 32.2. The van der Waals surface area contributed by atoms with Crippen LogP contribution in [0.25, 0.3) is 0 Å². The first-order valence-electron chi connectivity index (χ1n) is 6.61. The van der Waals surface area contributed by atoms with E-state index < -0.39 is 20.0 Å². The average molecular weight is 358 g/mol. The SMILES string of the molecule is Cc1n[nH]c(C)c1S(=O)(=O)Nc1ccccc1N(C)S(C)(=O)=O. The molecule has 126 valence electrons. The van der Waals surface area contributed by atoms with Gasteiger partial charge in [-0.25, -0.2) is 16.8 Å². The van der Waals surface area contributed by atoms with Gasteiger partial charge in [0, 0.05) is 7.05 Å². The molecule has 2 N–H and O–H groups in total. The maximum absolute atomic E-state index is 12.6. The maximum atomic E-state index is 12.6. The largest absolute Gasteiger partial charge is 0.281 e. The maximum Gasteiger partial charge on any atom is 0.265 e. The summed E-state index contributed by atoms with van der Waals surface area (Å²) in [6, 6.07) is 6.27. The molecule has 8 nitrogen and oxygen atoms in total. The zero-order chi connectivity index (χ0) is 17.4.